The van der Waals surface area contributed by atoms with E-state index in [0.717, 1.165) is 24.1 Å². The molecule has 2 heterocycles. The molecule has 2 atom stereocenters. The number of aromatic nitrogens is 4. The number of halogens is 2. The molecular formula is C21H25ClFN7O2. The molecule has 1 aliphatic carbocycles. The summed E-state index contributed by atoms with van der Waals surface area (Å²) in [6.07, 6.45) is 1.30. The lowest BCUT2D eigenvalue weighted by Gasteiger charge is -2.18. The molecule has 4 rings (SSSR count). The van der Waals surface area contributed by atoms with E-state index in [1.54, 1.807) is 12.1 Å². The van der Waals surface area contributed by atoms with Crippen molar-refractivity contribution in [2.75, 3.05) is 29.1 Å². The van der Waals surface area contributed by atoms with Crippen molar-refractivity contribution in [3.05, 3.63) is 52.4 Å². The average Bonchev–Trinajstić information content (AvgIpc) is 3.53. The Morgan fingerprint density at radius 1 is 1.22 bits per heavy atom. The van der Waals surface area contributed by atoms with Gasteiger partial charge in [0.05, 0.1) is 24.4 Å². The van der Waals surface area contributed by atoms with E-state index in [9.17, 15) is 9.50 Å². The van der Waals surface area contributed by atoms with Crippen molar-refractivity contribution in [1.29, 1.82) is 0 Å². The van der Waals surface area contributed by atoms with Crippen molar-refractivity contribution in [3.63, 3.8) is 0 Å². The number of nitrogens with zero attached hydrogens (tertiary/aromatic N) is 3. The Morgan fingerprint density at radius 2 is 1.94 bits per heavy atom. The van der Waals surface area contributed by atoms with Crippen LogP contribution in [0.15, 0.2) is 30.3 Å². The van der Waals surface area contributed by atoms with Gasteiger partial charge in [-0.1, -0.05) is 23.7 Å². The molecule has 6 N–H and O–H groups in total. The van der Waals surface area contributed by atoms with Gasteiger partial charge in [0.1, 0.15) is 16.7 Å². The summed E-state index contributed by atoms with van der Waals surface area (Å²) >= 11 is 6.51. The number of anilines is 4. The Morgan fingerprint density at radius 3 is 2.62 bits per heavy atom. The van der Waals surface area contributed by atoms with Crippen LogP contribution in [0.3, 0.4) is 0 Å². The second-order valence-electron chi connectivity index (χ2n) is 7.80. The van der Waals surface area contributed by atoms with E-state index in [-0.39, 0.29) is 35.2 Å². The van der Waals surface area contributed by atoms with E-state index in [4.69, 9.17) is 16.7 Å². The number of rotatable bonds is 10. The van der Waals surface area contributed by atoms with Crippen LogP contribution in [0.25, 0.3) is 0 Å². The lowest BCUT2D eigenvalue weighted by molar-refractivity contribution is 0.105. The third-order valence-corrected chi connectivity index (χ3v) is 5.49. The number of nitrogens with one attached hydrogen (secondary N) is 4. The van der Waals surface area contributed by atoms with Crippen LogP contribution in [0.2, 0.25) is 5.02 Å². The van der Waals surface area contributed by atoms with Crippen molar-refractivity contribution in [2.45, 2.75) is 37.8 Å². The summed E-state index contributed by atoms with van der Waals surface area (Å²) in [6, 6.07) is 7.86. The fraction of sp³-hybridized carbons (Fsp3) is 0.381. The summed E-state index contributed by atoms with van der Waals surface area (Å²) in [5.74, 6) is 1.72. The molecule has 2 aromatic heterocycles. The molecular weight excluding hydrogens is 437 g/mol. The first-order valence-electron chi connectivity index (χ1n) is 10.4. The lowest BCUT2D eigenvalue weighted by atomic mass is 10.1. The van der Waals surface area contributed by atoms with Crippen LogP contribution in [0.4, 0.5) is 27.8 Å². The van der Waals surface area contributed by atoms with E-state index in [2.05, 4.69) is 36.1 Å². The molecule has 0 saturated heterocycles. The van der Waals surface area contributed by atoms with Gasteiger partial charge in [0.2, 0.25) is 5.95 Å². The van der Waals surface area contributed by atoms with E-state index in [1.165, 1.54) is 12.1 Å². The Kier molecular flexibility index (Phi) is 6.73. The molecule has 11 heteroatoms. The number of hydrogen-bond acceptors (Lipinski definition) is 8. The molecule has 0 unspecified atom stereocenters. The highest BCUT2D eigenvalue weighted by molar-refractivity contribution is 6.35. The van der Waals surface area contributed by atoms with Crippen LogP contribution in [0, 0.1) is 5.82 Å². The topological polar surface area (TPSA) is 131 Å². The fourth-order valence-electron chi connectivity index (χ4n) is 3.14. The maximum atomic E-state index is 13.2. The molecule has 0 spiro atoms. The zero-order valence-corrected chi connectivity index (χ0v) is 18.2. The first-order valence-corrected chi connectivity index (χ1v) is 10.8. The molecule has 1 aromatic carbocycles. The number of hydrogen-bond donors (Lipinski definition) is 6. The Labute approximate surface area is 189 Å². The van der Waals surface area contributed by atoms with Crippen LogP contribution >= 0.6 is 11.6 Å². The molecule has 1 aliphatic rings. The van der Waals surface area contributed by atoms with Crippen LogP contribution in [0.1, 0.15) is 43.0 Å². The number of benzene rings is 1. The highest BCUT2D eigenvalue weighted by Gasteiger charge is 2.26. The van der Waals surface area contributed by atoms with E-state index < -0.39 is 12.7 Å². The minimum atomic E-state index is -0.972. The fourth-order valence-corrected chi connectivity index (χ4v) is 3.33. The molecule has 0 aliphatic heterocycles. The zero-order valence-electron chi connectivity index (χ0n) is 17.4. The lowest BCUT2D eigenvalue weighted by Crippen LogP contribution is -2.24. The second-order valence-corrected chi connectivity index (χ2v) is 8.18. The zero-order chi connectivity index (χ0) is 22.7. The summed E-state index contributed by atoms with van der Waals surface area (Å²) in [6.45, 7) is 1.55. The first-order chi connectivity index (χ1) is 15.4. The highest BCUT2D eigenvalue weighted by Crippen LogP contribution is 2.40. The monoisotopic (exact) mass is 461 g/mol. The molecule has 0 bridgehead atoms. The predicted octanol–water partition coefficient (Wildman–Crippen LogP) is 3.55. The molecule has 9 nitrogen and oxygen atoms in total. The predicted molar refractivity (Wildman–Crippen MR) is 121 cm³/mol. The van der Waals surface area contributed by atoms with Gasteiger partial charge in [0.15, 0.2) is 11.6 Å². The molecule has 0 radical (unpaired) electrons. The van der Waals surface area contributed by atoms with E-state index in [1.807, 2.05) is 13.0 Å². The summed E-state index contributed by atoms with van der Waals surface area (Å²) in [5, 5.41) is 35.5. The summed E-state index contributed by atoms with van der Waals surface area (Å²) in [5.41, 5.74) is 1.85. The quantitative estimate of drug-likeness (QED) is 0.270. The van der Waals surface area contributed by atoms with Crippen molar-refractivity contribution in [2.24, 2.45) is 0 Å². The number of aliphatic hydroxyl groups is 2. The summed E-state index contributed by atoms with van der Waals surface area (Å²) < 4.78 is 13.2. The molecule has 0 amide bonds. The van der Waals surface area contributed by atoms with Crippen molar-refractivity contribution < 1.29 is 14.6 Å². The minimum Gasteiger partial charge on any atom is -0.394 e. The SMILES string of the molecule is C[C@H](Nc1nc(NC[C@@H](O)CO)c(Cl)c(Nc2cc(C3CC3)n[nH]2)n1)c1ccc(F)cc1. The summed E-state index contributed by atoms with van der Waals surface area (Å²) in [4.78, 5) is 8.90. The largest absolute Gasteiger partial charge is 0.394 e. The molecule has 32 heavy (non-hydrogen) atoms. The van der Waals surface area contributed by atoms with Gasteiger partial charge in [-0.3, -0.25) is 5.10 Å². The van der Waals surface area contributed by atoms with Gasteiger partial charge in [-0.2, -0.15) is 15.1 Å². The van der Waals surface area contributed by atoms with Crippen molar-refractivity contribution in [3.8, 4) is 0 Å². The number of aliphatic hydroxyl groups excluding tert-OH is 2. The van der Waals surface area contributed by atoms with E-state index in [0.29, 0.717) is 17.6 Å². The normalized spacial score (nSPS) is 15.3. The maximum absolute atomic E-state index is 13.2. The third kappa shape index (κ3) is 5.45. The molecule has 3 aromatic rings. The van der Waals surface area contributed by atoms with Crippen LogP contribution in [-0.4, -0.2) is 49.6 Å². The van der Waals surface area contributed by atoms with Crippen LogP contribution in [0.5, 0.6) is 0 Å². The standard InChI is InChI=1S/C21H25ClFN7O2/c1-11(12-4-6-14(23)7-5-12)25-21-27-19(24-9-15(32)10-31)18(22)20(28-21)26-17-8-16(29-30-17)13-2-3-13/h4-8,11,13,15,31-32H,2-3,9-10H2,1H3,(H4,24,25,26,27,28,29,30)/t11-,15+/m0/s1. The minimum absolute atomic E-state index is 0.0511. The van der Waals surface area contributed by atoms with Gasteiger partial charge in [0.25, 0.3) is 0 Å². The Balaban J connectivity index is 1.58. The van der Waals surface area contributed by atoms with Gasteiger partial charge in [0, 0.05) is 18.5 Å². The van der Waals surface area contributed by atoms with Crippen LogP contribution in [-0.2, 0) is 0 Å². The molecule has 170 valence electrons. The van der Waals surface area contributed by atoms with Crippen LogP contribution < -0.4 is 16.0 Å². The van der Waals surface area contributed by atoms with Gasteiger partial charge in [-0.15, -0.1) is 0 Å². The van der Waals surface area contributed by atoms with Crippen molar-refractivity contribution in [1.82, 2.24) is 20.2 Å². The number of H-pyrrole nitrogens is 1. The first kappa shape index (κ1) is 22.3. The molecule has 1 saturated carbocycles. The smallest absolute Gasteiger partial charge is 0.227 e. The third-order valence-electron chi connectivity index (χ3n) is 5.13. The molecule has 1 fully saturated rings. The maximum Gasteiger partial charge on any atom is 0.227 e. The summed E-state index contributed by atoms with van der Waals surface area (Å²) in [7, 11) is 0. The van der Waals surface area contributed by atoms with Crippen molar-refractivity contribution >= 4 is 35.0 Å². The highest BCUT2D eigenvalue weighted by atomic mass is 35.5. The van der Waals surface area contributed by atoms with E-state index >= 15 is 0 Å². The number of aromatic amines is 1. The van der Waals surface area contributed by atoms with Gasteiger partial charge in [-0.05, 0) is 37.5 Å². The average molecular weight is 462 g/mol. The van der Waals surface area contributed by atoms with Gasteiger partial charge < -0.3 is 26.2 Å². The van der Waals surface area contributed by atoms with Gasteiger partial charge in [-0.25, -0.2) is 4.39 Å². The Bertz CT molecular complexity index is 1060. The Hall–Kier alpha value is -2.95. The van der Waals surface area contributed by atoms with Gasteiger partial charge >= 0.3 is 0 Å². The second kappa shape index (κ2) is 9.68.